The Kier molecular flexibility index (Phi) is 5.53. The second-order valence-corrected chi connectivity index (χ2v) is 7.63. The van der Waals surface area contributed by atoms with Gasteiger partial charge in [0.05, 0.1) is 6.42 Å². The highest BCUT2D eigenvalue weighted by Crippen LogP contribution is 2.43. The third kappa shape index (κ3) is 4.20. The molecule has 30 heavy (non-hydrogen) atoms. The fraction of sp³-hybridized carbons (Fsp3) is 0.148. The molecule has 3 nitrogen and oxygen atoms in total. The van der Waals surface area contributed by atoms with Crippen molar-refractivity contribution < 1.29 is 14.6 Å². The number of rotatable bonds is 6. The topological polar surface area (TPSA) is 46.5 Å². The monoisotopic (exact) mass is 396 g/mol. The first-order valence-corrected chi connectivity index (χ1v) is 10.0. The standard InChI is InChI=1S/C27H24O3/c1-18-11-12-23-24(19(2)25(16-27(28)29)26(23)13-18)15-20-7-6-8-21(14-20)17-30-22-9-4-3-5-10-22/h3-15H,16-17H2,1-2H3,(H,28,29)/b24-15-. The lowest BCUT2D eigenvalue weighted by Gasteiger charge is -2.08. The minimum Gasteiger partial charge on any atom is -0.489 e. The van der Waals surface area contributed by atoms with Crippen LogP contribution in [0.2, 0.25) is 0 Å². The molecule has 0 amide bonds. The SMILES string of the molecule is CC1=C(CC(=O)O)c2cc(C)ccc2/C1=C\c1cccc(COc2ccccc2)c1. The van der Waals surface area contributed by atoms with Gasteiger partial charge in [-0.3, -0.25) is 4.79 Å². The number of aliphatic carboxylic acids is 1. The van der Waals surface area contributed by atoms with Crippen LogP contribution in [0.25, 0.3) is 17.2 Å². The second-order valence-electron chi connectivity index (χ2n) is 7.63. The molecule has 3 aromatic carbocycles. The lowest BCUT2D eigenvalue weighted by molar-refractivity contribution is -0.135. The number of allylic oxidation sites excluding steroid dienone is 2. The Bertz CT molecular complexity index is 1150. The molecule has 1 aliphatic rings. The minimum absolute atomic E-state index is 0.0323. The van der Waals surface area contributed by atoms with Crippen molar-refractivity contribution in [3.05, 3.63) is 106 Å². The van der Waals surface area contributed by atoms with Gasteiger partial charge < -0.3 is 9.84 Å². The zero-order valence-electron chi connectivity index (χ0n) is 17.2. The first-order chi connectivity index (χ1) is 14.5. The Morgan fingerprint density at radius 3 is 2.50 bits per heavy atom. The molecule has 0 saturated carbocycles. The average Bonchev–Trinajstić information content (AvgIpc) is 2.98. The van der Waals surface area contributed by atoms with Crippen LogP contribution in [0, 0.1) is 6.92 Å². The lowest BCUT2D eigenvalue weighted by atomic mass is 9.98. The van der Waals surface area contributed by atoms with Crippen LogP contribution < -0.4 is 4.74 Å². The molecule has 0 atom stereocenters. The third-order valence-electron chi connectivity index (χ3n) is 5.39. The van der Waals surface area contributed by atoms with Crippen molar-refractivity contribution in [1.82, 2.24) is 0 Å². The Balaban J connectivity index is 1.66. The zero-order chi connectivity index (χ0) is 21.1. The molecule has 0 saturated heterocycles. The number of fused-ring (bicyclic) bond motifs is 1. The molecule has 150 valence electrons. The summed E-state index contributed by atoms with van der Waals surface area (Å²) in [4.78, 5) is 11.4. The third-order valence-corrected chi connectivity index (χ3v) is 5.39. The number of benzene rings is 3. The van der Waals surface area contributed by atoms with E-state index in [1.54, 1.807) is 0 Å². The molecule has 1 aliphatic carbocycles. The van der Waals surface area contributed by atoms with Crippen molar-refractivity contribution in [2.45, 2.75) is 26.9 Å². The summed E-state index contributed by atoms with van der Waals surface area (Å²) < 4.78 is 5.87. The Morgan fingerprint density at radius 1 is 0.933 bits per heavy atom. The van der Waals surface area contributed by atoms with E-state index in [0.717, 1.165) is 50.3 Å². The van der Waals surface area contributed by atoms with Gasteiger partial charge in [-0.05, 0) is 77.1 Å². The number of ether oxygens (including phenoxy) is 1. The van der Waals surface area contributed by atoms with Crippen LogP contribution >= 0.6 is 0 Å². The predicted molar refractivity (Wildman–Crippen MR) is 121 cm³/mol. The smallest absolute Gasteiger partial charge is 0.307 e. The molecule has 0 unspecified atom stereocenters. The molecule has 0 aliphatic heterocycles. The van der Waals surface area contributed by atoms with Gasteiger partial charge >= 0.3 is 5.97 Å². The van der Waals surface area contributed by atoms with Gasteiger partial charge in [-0.15, -0.1) is 0 Å². The maximum atomic E-state index is 11.4. The summed E-state index contributed by atoms with van der Waals surface area (Å²) >= 11 is 0. The van der Waals surface area contributed by atoms with Crippen LogP contribution in [-0.4, -0.2) is 11.1 Å². The second kappa shape index (κ2) is 8.42. The van der Waals surface area contributed by atoms with Crippen LogP contribution in [0.15, 0.2) is 78.4 Å². The van der Waals surface area contributed by atoms with Gasteiger partial charge in [0.2, 0.25) is 0 Å². The number of carbonyl (C=O) groups is 1. The number of carboxylic acid groups (broad SMARTS) is 1. The summed E-state index contributed by atoms with van der Waals surface area (Å²) in [7, 11) is 0. The summed E-state index contributed by atoms with van der Waals surface area (Å²) in [6.07, 6.45) is 2.18. The summed E-state index contributed by atoms with van der Waals surface area (Å²) in [6.45, 7) is 4.55. The van der Waals surface area contributed by atoms with Crippen molar-refractivity contribution in [2.75, 3.05) is 0 Å². The summed E-state index contributed by atoms with van der Waals surface area (Å²) in [6, 6.07) is 24.3. The van der Waals surface area contributed by atoms with Crippen LogP contribution in [0.5, 0.6) is 5.75 Å². The number of carboxylic acids is 1. The van der Waals surface area contributed by atoms with Crippen LogP contribution in [0.3, 0.4) is 0 Å². The molecular weight excluding hydrogens is 372 g/mol. The van der Waals surface area contributed by atoms with Crippen molar-refractivity contribution >= 4 is 23.2 Å². The van der Waals surface area contributed by atoms with Crippen LogP contribution in [0.4, 0.5) is 0 Å². The Morgan fingerprint density at radius 2 is 1.73 bits per heavy atom. The van der Waals surface area contributed by atoms with Crippen molar-refractivity contribution in [3.63, 3.8) is 0 Å². The van der Waals surface area contributed by atoms with Crippen molar-refractivity contribution in [1.29, 1.82) is 0 Å². The summed E-state index contributed by atoms with van der Waals surface area (Å²) in [5.74, 6) is 0.0385. The van der Waals surface area contributed by atoms with E-state index in [0.29, 0.717) is 6.61 Å². The van der Waals surface area contributed by atoms with Gasteiger partial charge in [-0.25, -0.2) is 0 Å². The molecule has 0 spiro atoms. The van der Waals surface area contributed by atoms with E-state index in [1.165, 1.54) is 0 Å². The molecule has 0 fully saturated rings. The molecule has 0 aromatic heterocycles. The first-order valence-electron chi connectivity index (χ1n) is 10.0. The minimum atomic E-state index is -0.807. The molecular formula is C27H24O3. The zero-order valence-corrected chi connectivity index (χ0v) is 17.2. The highest BCUT2D eigenvalue weighted by molar-refractivity contribution is 6.07. The average molecular weight is 396 g/mol. The molecule has 0 radical (unpaired) electrons. The van der Waals surface area contributed by atoms with Gasteiger partial charge in [0.15, 0.2) is 0 Å². The number of para-hydroxylation sites is 1. The predicted octanol–water partition coefficient (Wildman–Crippen LogP) is 6.38. The maximum absolute atomic E-state index is 11.4. The number of hydrogen-bond acceptors (Lipinski definition) is 2. The Hall–Kier alpha value is -3.59. The summed E-state index contributed by atoms with van der Waals surface area (Å²) in [5.41, 5.74) is 8.43. The van der Waals surface area contributed by atoms with Crippen molar-refractivity contribution in [3.8, 4) is 5.75 Å². The van der Waals surface area contributed by atoms with E-state index in [1.807, 2.05) is 50.2 Å². The number of hydrogen-bond donors (Lipinski definition) is 1. The maximum Gasteiger partial charge on any atom is 0.307 e. The highest BCUT2D eigenvalue weighted by atomic mass is 16.5. The van der Waals surface area contributed by atoms with Crippen LogP contribution in [0.1, 0.15) is 41.2 Å². The first kappa shape index (κ1) is 19.7. The fourth-order valence-electron chi connectivity index (χ4n) is 3.90. The molecule has 3 aromatic rings. The van der Waals surface area contributed by atoms with Gasteiger partial charge in [0.25, 0.3) is 0 Å². The quantitative estimate of drug-likeness (QED) is 0.526. The van der Waals surface area contributed by atoms with E-state index in [-0.39, 0.29) is 6.42 Å². The van der Waals surface area contributed by atoms with E-state index in [9.17, 15) is 9.90 Å². The van der Waals surface area contributed by atoms with Gasteiger partial charge in [-0.1, -0.05) is 60.2 Å². The Labute approximate surface area is 177 Å². The highest BCUT2D eigenvalue weighted by Gasteiger charge is 2.25. The lowest BCUT2D eigenvalue weighted by Crippen LogP contribution is -1.97. The molecule has 1 N–H and O–H groups in total. The van der Waals surface area contributed by atoms with Gasteiger partial charge in [0.1, 0.15) is 12.4 Å². The van der Waals surface area contributed by atoms with Gasteiger partial charge in [-0.2, -0.15) is 0 Å². The van der Waals surface area contributed by atoms with E-state index in [4.69, 9.17) is 4.74 Å². The van der Waals surface area contributed by atoms with E-state index >= 15 is 0 Å². The fourth-order valence-corrected chi connectivity index (χ4v) is 3.90. The largest absolute Gasteiger partial charge is 0.489 e. The molecule has 0 bridgehead atoms. The normalized spacial score (nSPS) is 14.1. The van der Waals surface area contributed by atoms with E-state index in [2.05, 4.69) is 42.5 Å². The van der Waals surface area contributed by atoms with Crippen LogP contribution in [-0.2, 0) is 11.4 Å². The number of aryl methyl sites for hydroxylation is 1. The summed E-state index contributed by atoms with van der Waals surface area (Å²) in [5, 5.41) is 9.38. The molecule has 3 heteroatoms. The van der Waals surface area contributed by atoms with E-state index < -0.39 is 5.97 Å². The molecule has 4 rings (SSSR count). The molecule has 0 heterocycles. The van der Waals surface area contributed by atoms with Crippen molar-refractivity contribution in [2.24, 2.45) is 0 Å². The van der Waals surface area contributed by atoms with Gasteiger partial charge in [0, 0.05) is 0 Å².